The van der Waals surface area contributed by atoms with Gasteiger partial charge in [-0.3, -0.25) is 4.79 Å². The monoisotopic (exact) mass is 581 g/mol. The first-order chi connectivity index (χ1) is 20.1. The van der Waals surface area contributed by atoms with Crippen molar-refractivity contribution in [3.8, 4) is 0 Å². The Bertz CT molecular complexity index is 506. The van der Waals surface area contributed by atoms with Crippen LogP contribution in [0.1, 0.15) is 226 Å². The number of carboxylic acids is 1. The molecule has 0 bridgehead atoms. The van der Waals surface area contributed by atoms with Crippen molar-refractivity contribution in [2.24, 2.45) is 5.92 Å². The Balaban J connectivity index is 3.50. The second-order valence-corrected chi connectivity index (χ2v) is 13.3. The number of aliphatic hydroxyl groups is 1. The number of aliphatic carboxylic acids is 1. The number of aliphatic hydroxyl groups excluding tert-OH is 1. The topological polar surface area (TPSA) is 57.5 Å². The van der Waals surface area contributed by atoms with Gasteiger partial charge in [0.25, 0.3) is 0 Å². The van der Waals surface area contributed by atoms with Gasteiger partial charge in [0.1, 0.15) is 0 Å². The quantitative estimate of drug-likeness (QED) is 0.0733. The second-order valence-electron chi connectivity index (χ2n) is 13.3. The first-order valence-electron chi connectivity index (χ1n) is 19.0. The molecule has 0 spiro atoms. The van der Waals surface area contributed by atoms with Crippen LogP contribution in [0.4, 0.5) is 0 Å². The van der Waals surface area contributed by atoms with Crippen LogP contribution in [-0.4, -0.2) is 22.3 Å². The van der Waals surface area contributed by atoms with Gasteiger partial charge in [0.05, 0.1) is 12.0 Å². The van der Waals surface area contributed by atoms with Gasteiger partial charge in [-0.2, -0.15) is 0 Å². The maximum atomic E-state index is 11.7. The van der Waals surface area contributed by atoms with Crippen molar-refractivity contribution in [2.45, 2.75) is 232 Å². The largest absolute Gasteiger partial charge is 0.481 e. The van der Waals surface area contributed by atoms with Gasteiger partial charge in [-0.1, -0.05) is 213 Å². The summed E-state index contributed by atoms with van der Waals surface area (Å²) in [6.07, 6.45) is 41.8. The first-order valence-corrected chi connectivity index (χ1v) is 19.0. The maximum Gasteiger partial charge on any atom is 0.309 e. The molecular weight excluding hydrogens is 504 g/mol. The van der Waals surface area contributed by atoms with E-state index in [4.69, 9.17) is 0 Å². The van der Waals surface area contributed by atoms with Gasteiger partial charge in [0.15, 0.2) is 0 Å². The molecule has 0 aromatic carbocycles. The summed E-state index contributed by atoms with van der Waals surface area (Å²) in [5.41, 5.74) is 0. The van der Waals surface area contributed by atoms with Gasteiger partial charge < -0.3 is 10.2 Å². The molecule has 0 aliphatic rings. The lowest BCUT2D eigenvalue weighted by Crippen LogP contribution is -2.28. The lowest BCUT2D eigenvalue weighted by molar-refractivity contribution is -0.146. The predicted molar refractivity (Wildman–Crippen MR) is 181 cm³/mol. The number of unbranched alkanes of at least 4 members (excludes halogenated alkanes) is 29. The molecule has 41 heavy (non-hydrogen) atoms. The number of carboxylic acid groups (broad SMARTS) is 1. The molecule has 0 aliphatic heterocycles. The summed E-state index contributed by atoms with van der Waals surface area (Å²) in [5, 5.41) is 20.2. The molecule has 0 saturated carbocycles. The standard InChI is InChI=1S/C38H76O3/c1-3-5-7-9-11-13-15-17-19-20-21-23-25-27-29-31-33-35-37(39)36(38(40)41)34-32-30-28-26-24-22-18-16-14-12-10-8-6-4-2/h36-37,39H,3-35H2,1-2H3,(H,40,41). The number of carbonyl (C=O) groups is 1. The Hall–Kier alpha value is -0.570. The summed E-state index contributed by atoms with van der Waals surface area (Å²) in [6, 6.07) is 0. The van der Waals surface area contributed by atoms with E-state index in [-0.39, 0.29) is 0 Å². The van der Waals surface area contributed by atoms with Crippen LogP contribution in [0.3, 0.4) is 0 Å². The Morgan fingerprint density at radius 3 is 0.854 bits per heavy atom. The van der Waals surface area contributed by atoms with E-state index in [9.17, 15) is 15.0 Å². The minimum Gasteiger partial charge on any atom is -0.481 e. The molecule has 0 aliphatic carbocycles. The highest BCUT2D eigenvalue weighted by Gasteiger charge is 2.25. The van der Waals surface area contributed by atoms with Crippen LogP contribution in [0.15, 0.2) is 0 Å². The highest BCUT2D eigenvalue weighted by molar-refractivity contribution is 5.70. The number of rotatable bonds is 35. The fraction of sp³-hybridized carbons (Fsp3) is 0.974. The van der Waals surface area contributed by atoms with Gasteiger partial charge in [0.2, 0.25) is 0 Å². The third-order valence-electron chi connectivity index (χ3n) is 9.25. The maximum absolute atomic E-state index is 11.7. The van der Waals surface area contributed by atoms with Crippen LogP contribution >= 0.6 is 0 Å². The Labute approximate surface area is 258 Å². The molecule has 0 aromatic rings. The predicted octanol–water partition coefficient (Wildman–Crippen LogP) is 13.0. The third-order valence-corrected chi connectivity index (χ3v) is 9.25. The van der Waals surface area contributed by atoms with E-state index in [1.807, 2.05) is 0 Å². The molecule has 0 aromatic heterocycles. The second kappa shape index (κ2) is 33.9. The van der Waals surface area contributed by atoms with Crippen LogP contribution in [0.2, 0.25) is 0 Å². The highest BCUT2D eigenvalue weighted by Crippen LogP contribution is 2.21. The van der Waals surface area contributed by atoms with E-state index in [0.29, 0.717) is 12.8 Å². The first kappa shape index (κ1) is 40.4. The summed E-state index contributed by atoms with van der Waals surface area (Å²) in [5.74, 6) is -1.38. The molecule has 2 atom stereocenters. The van der Waals surface area contributed by atoms with E-state index in [2.05, 4.69) is 13.8 Å². The molecule has 0 heterocycles. The van der Waals surface area contributed by atoms with Crippen molar-refractivity contribution < 1.29 is 15.0 Å². The molecule has 0 radical (unpaired) electrons. The number of hydrogen-bond donors (Lipinski definition) is 2. The summed E-state index contributed by atoms with van der Waals surface area (Å²) < 4.78 is 0. The summed E-state index contributed by atoms with van der Waals surface area (Å²) in [7, 11) is 0. The minimum atomic E-state index is -0.806. The van der Waals surface area contributed by atoms with Crippen molar-refractivity contribution in [1.82, 2.24) is 0 Å². The van der Waals surface area contributed by atoms with Gasteiger partial charge in [0, 0.05) is 0 Å². The van der Waals surface area contributed by atoms with E-state index < -0.39 is 18.0 Å². The van der Waals surface area contributed by atoms with E-state index in [1.165, 1.54) is 173 Å². The molecule has 3 heteroatoms. The third kappa shape index (κ3) is 30.7. The van der Waals surface area contributed by atoms with Crippen molar-refractivity contribution in [1.29, 1.82) is 0 Å². The zero-order chi connectivity index (χ0) is 30.1. The Morgan fingerprint density at radius 2 is 0.610 bits per heavy atom. The summed E-state index contributed by atoms with van der Waals surface area (Å²) in [4.78, 5) is 11.7. The van der Waals surface area contributed by atoms with Crippen LogP contribution in [0.5, 0.6) is 0 Å². The molecule has 0 rings (SSSR count). The molecule has 3 nitrogen and oxygen atoms in total. The van der Waals surface area contributed by atoms with E-state index >= 15 is 0 Å². The molecule has 0 saturated heterocycles. The van der Waals surface area contributed by atoms with Crippen molar-refractivity contribution >= 4 is 5.97 Å². The molecule has 0 fully saturated rings. The van der Waals surface area contributed by atoms with Crippen LogP contribution < -0.4 is 0 Å². The fourth-order valence-electron chi connectivity index (χ4n) is 6.32. The van der Waals surface area contributed by atoms with Crippen molar-refractivity contribution in [2.75, 3.05) is 0 Å². The molecular formula is C38H76O3. The SMILES string of the molecule is CCCCCCCCCCCCCCCCCCCC(O)C(CCCCCCCCCCCCCCCC)C(=O)O. The number of hydrogen-bond acceptors (Lipinski definition) is 2. The van der Waals surface area contributed by atoms with E-state index in [1.54, 1.807) is 0 Å². The normalized spacial score (nSPS) is 13.0. The molecule has 0 amide bonds. The summed E-state index contributed by atoms with van der Waals surface area (Å²) >= 11 is 0. The van der Waals surface area contributed by atoms with Gasteiger partial charge in [-0.05, 0) is 12.8 Å². The average Bonchev–Trinajstić information content (AvgIpc) is 2.96. The van der Waals surface area contributed by atoms with Gasteiger partial charge in [-0.15, -0.1) is 0 Å². The van der Waals surface area contributed by atoms with Crippen molar-refractivity contribution in [3.63, 3.8) is 0 Å². The zero-order valence-corrected chi connectivity index (χ0v) is 28.3. The average molecular weight is 581 g/mol. The molecule has 246 valence electrons. The van der Waals surface area contributed by atoms with Crippen LogP contribution in [-0.2, 0) is 4.79 Å². The minimum absolute atomic E-state index is 0.576. The fourth-order valence-corrected chi connectivity index (χ4v) is 6.32. The Kier molecular flexibility index (Phi) is 33.5. The Morgan fingerprint density at radius 1 is 0.390 bits per heavy atom. The smallest absolute Gasteiger partial charge is 0.309 e. The lowest BCUT2D eigenvalue weighted by Gasteiger charge is -2.19. The summed E-state index contributed by atoms with van der Waals surface area (Å²) in [6.45, 7) is 4.56. The molecule has 2 unspecified atom stereocenters. The highest BCUT2D eigenvalue weighted by atomic mass is 16.4. The van der Waals surface area contributed by atoms with E-state index in [0.717, 1.165) is 25.7 Å². The zero-order valence-electron chi connectivity index (χ0n) is 28.3. The van der Waals surface area contributed by atoms with Crippen molar-refractivity contribution in [3.05, 3.63) is 0 Å². The molecule has 2 N–H and O–H groups in total. The lowest BCUT2D eigenvalue weighted by atomic mass is 9.91. The van der Waals surface area contributed by atoms with Gasteiger partial charge in [-0.25, -0.2) is 0 Å². The van der Waals surface area contributed by atoms with Crippen LogP contribution in [0, 0.1) is 5.92 Å². The van der Waals surface area contributed by atoms with Gasteiger partial charge >= 0.3 is 5.97 Å². The van der Waals surface area contributed by atoms with Crippen LogP contribution in [0.25, 0.3) is 0 Å².